The number of furan rings is 1. The van der Waals surface area contributed by atoms with Crippen molar-refractivity contribution in [2.45, 2.75) is 45.5 Å². The molecule has 6 nitrogen and oxygen atoms in total. The van der Waals surface area contributed by atoms with Crippen molar-refractivity contribution in [3.05, 3.63) is 59.5 Å². The van der Waals surface area contributed by atoms with Crippen molar-refractivity contribution in [3.8, 4) is 0 Å². The summed E-state index contributed by atoms with van der Waals surface area (Å²) in [4.78, 5) is 7.04. The molecule has 1 fully saturated rings. The number of aliphatic imine (C=N–C) groups is 1. The Labute approximate surface area is 168 Å². The predicted molar refractivity (Wildman–Crippen MR) is 112 cm³/mol. The van der Waals surface area contributed by atoms with Crippen LogP contribution in [0.15, 0.2) is 52.1 Å². The summed E-state index contributed by atoms with van der Waals surface area (Å²) in [5.41, 5.74) is 2.53. The monoisotopic (exact) mass is 384 g/mol. The molecule has 1 aromatic carbocycles. The quantitative estimate of drug-likeness (QED) is 0.514. The van der Waals surface area contributed by atoms with Crippen LogP contribution in [0, 0.1) is 0 Å². The third kappa shape index (κ3) is 6.39. The summed E-state index contributed by atoms with van der Waals surface area (Å²) in [6.45, 7) is 6.89. The summed E-state index contributed by atoms with van der Waals surface area (Å²) in [6.07, 6.45) is 4.29. The average Bonchev–Trinajstić information content (AvgIpc) is 3.39. The van der Waals surface area contributed by atoms with Crippen LogP contribution in [0.5, 0.6) is 0 Å². The fourth-order valence-electron chi connectivity index (χ4n) is 3.40. The van der Waals surface area contributed by atoms with E-state index in [0.29, 0.717) is 12.6 Å². The van der Waals surface area contributed by atoms with Gasteiger partial charge in [0.1, 0.15) is 5.76 Å². The van der Waals surface area contributed by atoms with E-state index >= 15 is 0 Å². The Morgan fingerprint density at radius 3 is 2.71 bits per heavy atom. The molecule has 1 atom stereocenters. The molecule has 28 heavy (non-hydrogen) atoms. The molecule has 3 rings (SSSR count). The second-order valence-electron chi connectivity index (χ2n) is 7.23. The maximum Gasteiger partial charge on any atom is 0.191 e. The lowest BCUT2D eigenvalue weighted by atomic mass is 10.1. The Balaban J connectivity index is 1.59. The van der Waals surface area contributed by atoms with Gasteiger partial charge in [0.05, 0.1) is 25.5 Å². The number of hydrogen-bond acceptors (Lipinski definition) is 4. The van der Waals surface area contributed by atoms with Gasteiger partial charge in [0.15, 0.2) is 5.96 Å². The highest BCUT2D eigenvalue weighted by atomic mass is 16.5. The Hall–Kier alpha value is -2.31. The number of hydrogen-bond donors (Lipinski definition) is 2. The van der Waals surface area contributed by atoms with Crippen LogP contribution in [0.1, 0.15) is 36.7 Å². The molecule has 1 aliphatic rings. The van der Waals surface area contributed by atoms with Crippen LogP contribution in [-0.2, 0) is 24.4 Å². The van der Waals surface area contributed by atoms with Gasteiger partial charge < -0.3 is 19.8 Å². The second kappa shape index (κ2) is 10.9. The Kier molecular flexibility index (Phi) is 7.94. The third-order valence-corrected chi connectivity index (χ3v) is 4.84. The van der Waals surface area contributed by atoms with Crippen molar-refractivity contribution in [2.24, 2.45) is 4.99 Å². The molecule has 0 aliphatic carbocycles. The maximum atomic E-state index is 5.69. The molecule has 0 amide bonds. The molecule has 0 radical (unpaired) electrons. The average molecular weight is 385 g/mol. The third-order valence-electron chi connectivity index (χ3n) is 4.84. The first-order valence-corrected chi connectivity index (χ1v) is 10.2. The molecule has 2 N–H and O–H groups in total. The van der Waals surface area contributed by atoms with Crippen molar-refractivity contribution in [1.29, 1.82) is 0 Å². The summed E-state index contributed by atoms with van der Waals surface area (Å²) >= 11 is 0. The first-order valence-electron chi connectivity index (χ1n) is 10.2. The zero-order chi connectivity index (χ0) is 19.6. The van der Waals surface area contributed by atoms with Gasteiger partial charge in [-0.1, -0.05) is 24.3 Å². The highest BCUT2D eigenvalue weighted by Gasteiger charge is 2.15. The summed E-state index contributed by atoms with van der Waals surface area (Å²) in [5, 5.41) is 6.74. The summed E-state index contributed by atoms with van der Waals surface area (Å²) in [5.74, 6) is 1.82. The van der Waals surface area contributed by atoms with Gasteiger partial charge in [0, 0.05) is 26.2 Å². The highest BCUT2D eigenvalue weighted by molar-refractivity contribution is 5.79. The minimum Gasteiger partial charge on any atom is -0.468 e. The zero-order valence-electron chi connectivity index (χ0n) is 17.0. The van der Waals surface area contributed by atoms with E-state index in [2.05, 4.69) is 53.8 Å². The number of rotatable bonds is 9. The van der Waals surface area contributed by atoms with Crippen LogP contribution < -0.4 is 10.6 Å². The van der Waals surface area contributed by atoms with Gasteiger partial charge in [0.25, 0.3) is 0 Å². The van der Waals surface area contributed by atoms with Gasteiger partial charge in [-0.25, -0.2) is 4.99 Å². The molecule has 0 saturated carbocycles. The van der Waals surface area contributed by atoms with Crippen LogP contribution in [0.3, 0.4) is 0 Å². The van der Waals surface area contributed by atoms with E-state index in [-0.39, 0.29) is 0 Å². The number of guanidine groups is 1. The molecule has 1 saturated heterocycles. The molecular formula is C22H32N4O2. The second-order valence-corrected chi connectivity index (χ2v) is 7.23. The lowest BCUT2D eigenvalue weighted by Gasteiger charge is -2.18. The fourth-order valence-corrected chi connectivity index (χ4v) is 3.40. The summed E-state index contributed by atoms with van der Waals surface area (Å²) in [7, 11) is 2.11. The number of ether oxygens (including phenoxy) is 1. The van der Waals surface area contributed by atoms with Gasteiger partial charge in [-0.3, -0.25) is 4.90 Å². The Bertz CT molecular complexity index is 724. The van der Waals surface area contributed by atoms with Crippen LogP contribution in [0.2, 0.25) is 0 Å². The van der Waals surface area contributed by atoms with Crippen LogP contribution in [-0.4, -0.2) is 43.7 Å². The van der Waals surface area contributed by atoms with Crippen LogP contribution in [0.25, 0.3) is 0 Å². The maximum absolute atomic E-state index is 5.69. The van der Waals surface area contributed by atoms with E-state index in [9.17, 15) is 0 Å². The van der Waals surface area contributed by atoms with Gasteiger partial charge in [-0.05, 0) is 50.1 Å². The Morgan fingerprint density at radius 2 is 2.00 bits per heavy atom. The summed E-state index contributed by atoms with van der Waals surface area (Å²) < 4.78 is 11.1. The molecule has 1 aromatic heterocycles. The molecule has 1 aliphatic heterocycles. The minimum atomic E-state index is 0.298. The molecule has 1 unspecified atom stereocenters. The predicted octanol–water partition coefficient (Wildman–Crippen LogP) is 3.15. The lowest BCUT2D eigenvalue weighted by Crippen LogP contribution is -2.41. The van der Waals surface area contributed by atoms with Gasteiger partial charge >= 0.3 is 0 Å². The molecule has 2 aromatic rings. The summed E-state index contributed by atoms with van der Waals surface area (Å²) in [6, 6.07) is 12.4. The standard InChI is InChI=1S/C22H32N4O2/c1-3-23-22(25-15-20-10-6-12-27-20)24-14-18-8-4-5-9-19(18)16-26(2)17-21-11-7-13-28-21/h4-5,7-9,11,13,20H,3,6,10,12,14-17H2,1-2H3,(H2,23,24,25). The molecule has 0 bridgehead atoms. The van der Waals surface area contributed by atoms with Gasteiger partial charge in [-0.2, -0.15) is 0 Å². The van der Waals surface area contributed by atoms with Crippen molar-refractivity contribution in [1.82, 2.24) is 15.5 Å². The smallest absolute Gasteiger partial charge is 0.191 e. The van der Waals surface area contributed by atoms with E-state index < -0.39 is 0 Å². The molecule has 6 heteroatoms. The topological polar surface area (TPSA) is 62.0 Å². The van der Waals surface area contributed by atoms with Crippen molar-refractivity contribution in [2.75, 3.05) is 26.7 Å². The molecule has 152 valence electrons. The first kappa shape index (κ1) is 20.4. The first-order chi connectivity index (χ1) is 13.7. The molecular weight excluding hydrogens is 352 g/mol. The number of nitrogens with one attached hydrogen (secondary N) is 2. The number of nitrogens with zero attached hydrogens (tertiary/aromatic N) is 2. The zero-order valence-corrected chi connectivity index (χ0v) is 17.0. The van der Waals surface area contributed by atoms with Crippen LogP contribution >= 0.6 is 0 Å². The highest BCUT2D eigenvalue weighted by Crippen LogP contribution is 2.14. The lowest BCUT2D eigenvalue weighted by molar-refractivity contribution is 0.114. The van der Waals surface area contributed by atoms with E-state index in [1.54, 1.807) is 6.26 Å². The minimum absolute atomic E-state index is 0.298. The molecule has 0 spiro atoms. The fraction of sp³-hybridized carbons (Fsp3) is 0.500. The van der Waals surface area contributed by atoms with Gasteiger partial charge in [-0.15, -0.1) is 0 Å². The number of benzene rings is 1. The van der Waals surface area contributed by atoms with E-state index in [0.717, 1.165) is 57.3 Å². The van der Waals surface area contributed by atoms with Crippen molar-refractivity contribution in [3.63, 3.8) is 0 Å². The Morgan fingerprint density at radius 1 is 1.14 bits per heavy atom. The normalized spacial score (nSPS) is 17.2. The van der Waals surface area contributed by atoms with E-state index in [1.807, 2.05) is 12.1 Å². The SMILES string of the molecule is CCNC(=NCc1ccccc1CN(C)Cc1ccco1)NCC1CCCO1. The van der Waals surface area contributed by atoms with Gasteiger partial charge in [0.2, 0.25) is 0 Å². The van der Waals surface area contributed by atoms with E-state index in [4.69, 9.17) is 14.1 Å². The van der Waals surface area contributed by atoms with Crippen LogP contribution in [0.4, 0.5) is 0 Å². The molecule has 2 heterocycles. The van der Waals surface area contributed by atoms with Crippen molar-refractivity contribution >= 4 is 5.96 Å². The van der Waals surface area contributed by atoms with Crippen molar-refractivity contribution < 1.29 is 9.15 Å². The van der Waals surface area contributed by atoms with E-state index in [1.165, 1.54) is 11.1 Å². The largest absolute Gasteiger partial charge is 0.468 e.